The minimum Gasteiger partial charge on any atom is -0.490 e. The first-order valence-electron chi connectivity index (χ1n) is 11.5. The number of ether oxygens (including phenoxy) is 1. The maximum Gasteiger partial charge on any atom is 0.223 e. The molecule has 0 N–H and O–H groups in total. The summed E-state index contributed by atoms with van der Waals surface area (Å²) in [7, 11) is 1.85. The van der Waals surface area contributed by atoms with Gasteiger partial charge in [-0.3, -0.25) is 9.59 Å². The average molecular weight is 499 g/mol. The second-order valence-electron chi connectivity index (χ2n) is 9.09. The van der Waals surface area contributed by atoms with E-state index in [-0.39, 0.29) is 23.8 Å². The van der Waals surface area contributed by atoms with E-state index in [4.69, 9.17) is 4.74 Å². The number of hydrogen-bond donors (Lipinski definition) is 0. The normalized spacial score (nSPS) is 20.6. The molecule has 1 aliphatic heterocycles. The van der Waals surface area contributed by atoms with Crippen LogP contribution < -0.4 is 4.74 Å². The molecule has 1 heterocycles. The molecule has 0 unspecified atom stereocenters. The number of rotatable bonds is 8. The molecule has 0 aromatic heterocycles. The quantitative estimate of drug-likeness (QED) is 0.520. The van der Waals surface area contributed by atoms with Crippen molar-refractivity contribution in [2.45, 2.75) is 44.8 Å². The van der Waals surface area contributed by atoms with Crippen LogP contribution in [0.3, 0.4) is 0 Å². The second-order valence-corrected chi connectivity index (χ2v) is 10.0. The van der Waals surface area contributed by atoms with Gasteiger partial charge in [0, 0.05) is 56.3 Å². The lowest BCUT2D eigenvalue weighted by atomic mass is 9.90. The third-order valence-corrected chi connectivity index (χ3v) is 6.88. The van der Waals surface area contributed by atoms with E-state index in [0.717, 1.165) is 22.2 Å². The Morgan fingerprint density at radius 1 is 1.06 bits per heavy atom. The van der Waals surface area contributed by atoms with Crippen LogP contribution in [0.25, 0.3) is 0 Å². The van der Waals surface area contributed by atoms with E-state index >= 15 is 0 Å². The van der Waals surface area contributed by atoms with Crippen LogP contribution in [-0.2, 0) is 16.1 Å². The van der Waals surface area contributed by atoms with Crippen molar-refractivity contribution in [1.82, 2.24) is 9.80 Å². The van der Waals surface area contributed by atoms with Crippen LogP contribution in [0.5, 0.6) is 5.75 Å². The molecule has 5 nitrogen and oxygen atoms in total. The fourth-order valence-corrected chi connectivity index (χ4v) is 4.71. The molecule has 0 radical (unpaired) electrons. The Bertz CT molecular complexity index is 932. The maximum atomic E-state index is 13.1. The molecule has 1 aliphatic carbocycles. The molecule has 170 valence electrons. The van der Waals surface area contributed by atoms with Gasteiger partial charge in [0.2, 0.25) is 11.8 Å². The fourth-order valence-electron chi connectivity index (χ4n) is 4.33. The number of carbonyl (C=O) groups is 2. The number of amides is 2. The van der Waals surface area contributed by atoms with Crippen molar-refractivity contribution < 1.29 is 14.3 Å². The first-order valence-corrected chi connectivity index (χ1v) is 12.2. The van der Waals surface area contributed by atoms with Crippen LogP contribution in [0, 0.1) is 11.8 Å². The summed E-state index contributed by atoms with van der Waals surface area (Å²) in [6, 6.07) is 17.8. The zero-order chi connectivity index (χ0) is 22.5. The molecule has 1 saturated carbocycles. The molecule has 2 fully saturated rings. The van der Waals surface area contributed by atoms with Gasteiger partial charge in [0.15, 0.2) is 0 Å². The summed E-state index contributed by atoms with van der Waals surface area (Å²) in [6.07, 6.45) is 3.99. The van der Waals surface area contributed by atoms with Gasteiger partial charge in [-0.25, -0.2) is 0 Å². The highest BCUT2D eigenvalue weighted by atomic mass is 79.9. The van der Waals surface area contributed by atoms with E-state index in [1.165, 1.54) is 12.8 Å². The molecular weight excluding hydrogens is 468 g/mol. The summed E-state index contributed by atoms with van der Waals surface area (Å²) in [5, 5.41) is 0. The molecule has 1 saturated heterocycles. The standard InChI is InChI=1S/C26H31BrN2O3/c1-28(17-20-6-3-2-4-7-20)25(30)15-21-18-29(26(31)14-19-10-11-19)13-12-24(21)32-23-9-5-8-22(27)16-23/h2-9,16,19,21,24H,10-15,17-18H2,1H3/t21-,24-/m0/s1. The van der Waals surface area contributed by atoms with Crippen molar-refractivity contribution in [3.8, 4) is 5.75 Å². The van der Waals surface area contributed by atoms with Crippen molar-refractivity contribution in [1.29, 1.82) is 0 Å². The lowest BCUT2D eigenvalue weighted by molar-refractivity contribution is -0.139. The molecule has 2 atom stereocenters. The smallest absolute Gasteiger partial charge is 0.223 e. The average Bonchev–Trinajstić information content (AvgIpc) is 3.59. The summed E-state index contributed by atoms with van der Waals surface area (Å²) in [5.74, 6) is 1.63. The zero-order valence-electron chi connectivity index (χ0n) is 18.6. The van der Waals surface area contributed by atoms with Crippen LogP contribution in [-0.4, -0.2) is 47.9 Å². The molecule has 6 heteroatoms. The van der Waals surface area contributed by atoms with Crippen LogP contribution in [0.15, 0.2) is 59.1 Å². The maximum absolute atomic E-state index is 13.1. The molecule has 0 spiro atoms. The summed E-state index contributed by atoms with van der Waals surface area (Å²) in [4.78, 5) is 29.6. The number of piperidine rings is 1. The van der Waals surface area contributed by atoms with Gasteiger partial charge in [0.05, 0.1) is 0 Å². The monoisotopic (exact) mass is 498 g/mol. The summed E-state index contributed by atoms with van der Waals surface area (Å²) >= 11 is 3.50. The Labute approximate surface area is 198 Å². The zero-order valence-corrected chi connectivity index (χ0v) is 20.2. The van der Waals surface area contributed by atoms with Crippen LogP contribution in [0.4, 0.5) is 0 Å². The minimum atomic E-state index is -0.0941. The highest BCUT2D eigenvalue weighted by Crippen LogP contribution is 2.34. The predicted octanol–water partition coefficient (Wildman–Crippen LogP) is 4.89. The topological polar surface area (TPSA) is 49.9 Å². The molecular formula is C26H31BrN2O3. The first-order chi connectivity index (χ1) is 15.5. The first kappa shape index (κ1) is 22.8. The molecule has 2 aliphatic rings. The number of likely N-dealkylation sites (tertiary alicyclic amines) is 1. The predicted molar refractivity (Wildman–Crippen MR) is 128 cm³/mol. The van der Waals surface area contributed by atoms with Gasteiger partial charge in [0.1, 0.15) is 11.9 Å². The number of hydrogen-bond acceptors (Lipinski definition) is 3. The molecule has 2 aromatic carbocycles. The molecule has 4 rings (SSSR count). The van der Waals surface area contributed by atoms with E-state index in [2.05, 4.69) is 15.9 Å². The van der Waals surface area contributed by atoms with Crippen LogP contribution in [0.1, 0.15) is 37.7 Å². The molecule has 2 amide bonds. The van der Waals surface area contributed by atoms with E-state index in [0.29, 0.717) is 38.4 Å². The third-order valence-electron chi connectivity index (χ3n) is 6.39. The third kappa shape index (κ3) is 6.35. The summed E-state index contributed by atoms with van der Waals surface area (Å²) < 4.78 is 7.29. The van der Waals surface area contributed by atoms with E-state index in [1.807, 2.05) is 66.5 Å². The Kier molecular flexibility index (Phi) is 7.51. The van der Waals surface area contributed by atoms with Gasteiger partial charge < -0.3 is 14.5 Å². The van der Waals surface area contributed by atoms with Crippen molar-refractivity contribution in [3.05, 3.63) is 64.6 Å². The van der Waals surface area contributed by atoms with Gasteiger partial charge in [-0.15, -0.1) is 0 Å². The molecule has 0 bridgehead atoms. The highest BCUT2D eigenvalue weighted by Gasteiger charge is 2.36. The van der Waals surface area contributed by atoms with Crippen LogP contribution in [0.2, 0.25) is 0 Å². The number of nitrogens with zero attached hydrogens (tertiary/aromatic N) is 2. The Morgan fingerprint density at radius 3 is 2.56 bits per heavy atom. The Morgan fingerprint density at radius 2 is 1.84 bits per heavy atom. The van der Waals surface area contributed by atoms with Gasteiger partial charge in [-0.2, -0.15) is 0 Å². The lowest BCUT2D eigenvalue weighted by Crippen LogP contribution is -2.49. The Hall–Kier alpha value is -2.34. The number of benzene rings is 2. The van der Waals surface area contributed by atoms with E-state index in [1.54, 1.807) is 4.90 Å². The van der Waals surface area contributed by atoms with Crippen molar-refractivity contribution in [2.75, 3.05) is 20.1 Å². The highest BCUT2D eigenvalue weighted by molar-refractivity contribution is 9.10. The van der Waals surface area contributed by atoms with Crippen LogP contribution >= 0.6 is 15.9 Å². The van der Waals surface area contributed by atoms with E-state index < -0.39 is 0 Å². The van der Waals surface area contributed by atoms with Gasteiger partial charge in [0.25, 0.3) is 0 Å². The summed E-state index contributed by atoms with van der Waals surface area (Å²) in [5.41, 5.74) is 1.11. The van der Waals surface area contributed by atoms with Crippen molar-refractivity contribution in [3.63, 3.8) is 0 Å². The largest absolute Gasteiger partial charge is 0.490 e. The number of halogens is 1. The number of carbonyl (C=O) groups excluding carboxylic acids is 2. The SMILES string of the molecule is CN(Cc1ccccc1)C(=O)C[C@H]1CN(C(=O)CC2CC2)CC[C@@H]1Oc1cccc(Br)c1. The minimum absolute atomic E-state index is 0.0309. The molecule has 2 aromatic rings. The van der Waals surface area contributed by atoms with Gasteiger partial charge >= 0.3 is 0 Å². The van der Waals surface area contributed by atoms with E-state index in [9.17, 15) is 9.59 Å². The van der Waals surface area contributed by atoms with Gasteiger partial charge in [-0.1, -0.05) is 52.3 Å². The fraction of sp³-hybridized carbons (Fsp3) is 0.462. The van der Waals surface area contributed by atoms with Gasteiger partial charge in [-0.05, 0) is 42.5 Å². The van der Waals surface area contributed by atoms with Crippen molar-refractivity contribution in [2.24, 2.45) is 11.8 Å². The second kappa shape index (κ2) is 10.5. The molecule has 32 heavy (non-hydrogen) atoms. The summed E-state index contributed by atoms with van der Waals surface area (Å²) in [6.45, 7) is 1.85. The van der Waals surface area contributed by atoms with Crippen molar-refractivity contribution >= 4 is 27.7 Å². The lowest BCUT2D eigenvalue weighted by Gasteiger charge is -2.39. The Balaban J connectivity index is 1.43.